The summed E-state index contributed by atoms with van der Waals surface area (Å²) < 4.78 is 14.2. The molecular formula is C15H15FIN. The van der Waals surface area contributed by atoms with Crippen LogP contribution >= 0.6 is 22.6 Å². The molecule has 0 saturated carbocycles. The van der Waals surface area contributed by atoms with Crippen molar-refractivity contribution in [3.8, 4) is 0 Å². The Morgan fingerprint density at radius 3 is 2.39 bits per heavy atom. The van der Waals surface area contributed by atoms with Crippen molar-refractivity contribution in [2.24, 2.45) is 0 Å². The maximum atomic E-state index is 13.0. The van der Waals surface area contributed by atoms with Gasteiger partial charge in [-0.25, -0.2) is 4.39 Å². The Morgan fingerprint density at radius 1 is 1.11 bits per heavy atom. The lowest BCUT2D eigenvalue weighted by Gasteiger charge is -2.20. The molecule has 18 heavy (non-hydrogen) atoms. The van der Waals surface area contributed by atoms with Crippen molar-refractivity contribution in [3.05, 3.63) is 69.0 Å². The second-order valence-electron chi connectivity index (χ2n) is 4.06. The van der Waals surface area contributed by atoms with Gasteiger partial charge in [-0.2, -0.15) is 0 Å². The number of rotatable bonds is 4. The molecule has 0 saturated heterocycles. The molecule has 0 spiro atoms. The van der Waals surface area contributed by atoms with E-state index in [2.05, 4.69) is 47.0 Å². The molecule has 0 aromatic heterocycles. The average Bonchev–Trinajstić information content (AvgIpc) is 2.38. The number of benzene rings is 2. The van der Waals surface area contributed by atoms with E-state index >= 15 is 0 Å². The highest BCUT2D eigenvalue weighted by Gasteiger charge is 2.15. The van der Waals surface area contributed by atoms with Gasteiger partial charge in [-0.1, -0.05) is 37.3 Å². The highest BCUT2D eigenvalue weighted by molar-refractivity contribution is 14.1. The zero-order valence-corrected chi connectivity index (χ0v) is 12.3. The molecule has 0 fully saturated rings. The third-order valence-electron chi connectivity index (χ3n) is 2.83. The molecule has 1 nitrogen and oxygen atoms in total. The lowest BCUT2D eigenvalue weighted by molar-refractivity contribution is 0.612. The van der Waals surface area contributed by atoms with Crippen molar-refractivity contribution in [3.63, 3.8) is 0 Å². The van der Waals surface area contributed by atoms with Crippen LogP contribution in [0.1, 0.15) is 24.1 Å². The van der Waals surface area contributed by atoms with E-state index in [9.17, 15) is 4.39 Å². The highest BCUT2D eigenvalue weighted by atomic mass is 127. The Hall–Kier alpha value is -0.940. The van der Waals surface area contributed by atoms with Gasteiger partial charge in [0.15, 0.2) is 0 Å². The summed E-state index contributed by atoms with van der Waals surface area (Å²) >= 11 is 2.33. The average molecular weight is 355 g/mol. The Balaban J connectivity index is 2.40. The van der Waals surface area contributed by atoms with Crippen LogP contribution in [0.5, 0.6) is 0 Å². The third-order valence-corrected chi connectivity index (χ3v) is 3.81. The third kappa shape index (κ3) is 3.09. The van der Waals surface area contributed by atoms with Crippen LogP contribution in [0, 0.1) is 9.39 Å². The minimum absolute atomic E-state index is 0.115. The number of halogens is 2. The Bertz CT molecular complexity index is 510. The molecule has 0 aliphatic rings. The van der Waals surface area contributed by atoms with E-state index in [1.807, 2.05) is 24.3 Å². The zero-order chi connectivity index (χ0) is 13.0. The summed E-state index contributed by atoms with van der Waals surface area (Å²) in [4.78, 5) is 0. The molecule has 0 amide bonds. The van der Waals surface area contributed by atoms with Crippen LogP contribution in [0.25, 0.3) is 0 Å². The van der Waals surface area contributed by atoms with Crippen LogP contribution in [0.2, 0.25) is 0 Å². The Labute approximate surface area is 121 Å². The van der Waals surface area contributed by atoms with Gasteiger partial charge in [0, 0.05) is 3.57 Å². The predicted molar refractivity (Wildman–Crippen MR) is 81.1 cm³/mol. The highest BCUT2D eigenvalue weighted by Crippen LogP contribution is 2.26. The molecule has 1 N–H and O–H groups in total. The zero-order valence-electron chi connectivity index (χ0n) is 10.2. The lowest BCUT2D eigenvalue weighted by atomic mass is 9.99. The fourth-order valence-electron chi connectivity index (χ4n) is 1.98. The molecule has 94 valence electrons. The molecule has 0 bridgehead atoms. The van der Waals surface area contributed by atoms with Crippen molar-refractivity contribution < 1.29 is 4.39 Å². The fraction of sp³-hybridized carbons (Fsp3) is 0.200. The van der Waals surface area contributed by atoms with Gasteiger partial charge >= 0.3 is 0 Å². The molecule has 0 radical (unpaired) electrons. The fourth-order valence-corrected chi connectivity index (χ4v) is 2.67. The minimum atomic E-state index is -0.197. The first-order valence-corrected chi connectivity index (χ1v) is 7.03. The van der Waals surface area contributed by atoms with Crippen LogP contribution in [0.3, 0.4) is 0 Å². The molecule has 0 heterocycles. The summed E-state index contributed by atoms with van der Waals surface area (Å²) in [7, 11) is 0. The van der Waals surface area contributed by atoms with Crippen molar-refractivity contribution in [2.45, 2.75) is 13.0 Å². The topological polar surface area (TPSA) is 12.0 Å². The van der Waals surface area contributed by atoms with E-state index in [-0.39, 0.29) is 11.9 Å². The van der Waals surface area contributed by atoms with Gasteiger partial charge in [0.2, 0.25) is 0 Å². The van der Waals surface area contributed by atoms with Gasteiger partial charge in [0.05, 0.1) is 6.04 Å². The molecular weight excluding hydrogens is 340 g/mol. The van der Waals surface area contributed by atoms with Crippen molar-refractivity contribution >= 4 is 22.6 Å². The van der Waals surface area contributed by atoms with Crippen LogP contribution in [0.15, 0.2) is 48.5 Å². The van der Waals surface area contributed by atoms with Crippen molar-refractivity contribution in [1.29, 1.82) is 0 Å². The summed E-state index contributed by atoms with van der Waals surface area (Å²) in [6.45, 7) is 2.94. The molecule has 0 aliphatic carbocycles. The number of hydrogen-bond acceptors (Lipinski definition) is 1. The molecule has 3 heteroatoms. The quantitative estimate of drug-likeness (QED) is 0.814. The molecule has 1 atom stereocenters. The number of nitrogens with one attached hydrogen (secondary N) is 1. The van der Waals surface area contributed by atoms with E-state index in [1.165, 1.54) is 21.3 Å². The van der Waals surface area contributed by atoms with Gasteiger partial charge in [-0.15, -0.1) is 0 Å². The first kappa shape index (κ1) is 13.5. The van der Waals surface area contributed by atoms with E-state index in [0.717, 1.165) is 12.1 Å². The van der Waals surface area contributed by atoms with E-state index in [0.29, 0.717) is 0 Å². The lowest BCUT2D eigenvalue weighted by Crippen LogP contribution is -2.22. The normalized spacial score (nSPS) is 12.4. The Morgan fingerprint density at radius 2 is 1.78 bits per heavy atom. The monoisotopic (exact) mass is 355 g/mol. The van der Waals surface area contributed by atoms with Gasteiger partial charge < -0.3 is 5.32 Å². The van der Waals surface area contributed by atoms with Gasteiger partial charge in [-0.3, -0.25) is 0 Å². The Kier molecular flexibility index (Phi) is 4.72. The molecule has 1 unspecified atom stereocenters. The van der Waals surface area contributed by atoms with Crippen LogP contribution < -0.4 is 5.32 Å². The maximum absolute atomic E-state index is 13.0. The van der Waals surface area contributed by atoms with E-state index < -0.39 is 0 Å². The molecule has 0 aliphatic heterocycles. The SMILES string of the molecule is CCNC(c1ccc(F)cc1)c1ccccc1I. The van der Waals surface area contributed by atoms with Gasteiger partial charge in [0.1, 0.15) is 5.82 Å². The molecule has 2 aromatic carbocycles. The predicted octanol–water partition coefficient (Wildman–Crippen LogP) is 4.13. The van der Waals surface area contributed by atoms with Crippen molar-refractivity contribution in [1.82, 2.24) is 5.32 Å². The van der Waals surface area contributed by atoms with E-state index in [1.54, 1.807) is 0 Å². The van der Waals surface area contributed by atoms with E-state index in [4.69, 9.17) is 0 Å². The van der Waals surface area contributed by atoms with Crippen LogP contribution in [0.4, 0.5) is 4.39 Å². The molecule has 2 aromatic rings. The first-order valence-electron chi connectivity index (χ1n) is 5.95. The second kappa shape index (κ2) is 6.29. The first-order chi connectivity index (χ1) is 8.72. The largest absolute Gasteiger partial charge is 0.306 e. The van der Waals surface area contributed by atoms with Gasteiger partial charge in [0.25, 0.3) is 0 Å². The smallest absolute Gasteiger partial charge is 0.123 e. The summed E-state index contributed by atoms with van der Waals surface area (Å²) in [5.41, 5.74) is 2.31. The van der Waals surface area contributed by atoms with Crippen LogP contribution in [-0.4, -0.2) is 6.54 Å². The van der Waals surface area contributed by atoms with Crippen LogP contribution in [-0.2, 0) is 0 Å². The molecule has 2 rings (SSSR count). The summed E-state index contributed by atoms with van der Waals surface area (Å²) in [5, 5.41) is 3.45. The van der Waals surface area contributed by atoms with Crippen molar-refractivity contribution in [2.75, 3.05) is 6.54 Å². The standard InChI is InChI=1S/C15H15FIN/c1-2-18-15(11-7-9-12(16)10-8-11)13-5-3-4-6-14(13)17/h3-10,15,18H,2H2,1H3. The summed E-state index contributed by atoms with van der Waals surface area (Å²) in [5.74, 6) is -0.197. The maximum Gasteiger partial charge on any atom is 0.123 e. The summed E-state index contributed by atoms with van der Waals surface area (Å²) in [6, 6.07) is 15.1. The minimum Gasteiger partial charge on any atom is -0.306 e. The van der Waals surface area contributed by atoms with Gasteiger partial charge in [-0.05, 0) is 58.5 Å². The second-order valence-corrected chi connectivity index (χ2v) is 5.23. The number of hydrogen-bond donors (Lipinski definition) is 1. The summed E-state index contributed by atoms with van der Waals surface area (Å²) in [6.07, 6.45) is 0.